The van der Waals surface area contributed by atoms with Gasteiger partial charge in [-0.15, -0.1) is 0 Å². The van der Waals surface area contributed by atoms with Crippen LogP contribution in [0, 0.1) is 0 Å². The van der Waals surface area contributed by atoms with Crippen molar-refractivity contribution in [3.8, 4) is 11.1 Å². The highest BCUT2D eigenvalue weighted by atomic mass is 16.1. The minimum Gasteiger partial charge on any atom is -0.211 e. The standard InChI is InChI=1S/C15H10N2O2/c18-10-16-15(17-11-19)14-8-6-13(7-9-14)12-4-2-1-3-5-12/h1-9,15H. The molecule has 0 unspecified atom stereocenters. The summed E-state index contributed by atoms with van der Waals surface area (Å²) in [6.07, 6.45) is 1.94. The van der Waals surface area contributed by atoms with E-state index in [0.717, 1.165) is 11.1 Å². The lowest BCUT2D eigenvalue weighted by atomic mass is 10.0. The van der Waals surface area contributed by atoms with E-state index in [9.17, 15) is 9.59 Å². The van der Waals surface area contributed by atoms with Crippen LogP contribution in [0.4, 0.5) is 0 Å². The summed E-state index contributed by atoms with van der Waals surface area (Å²) in [5, 5.41) is 0. The highest BCUT2D eigenvalue weighted by Gasteiger charge is 2.08. The largest absolute Gasteiger partial charge is 0.237 e. The summed E-state index contributed by atoms with van der Waals surface area (Å²) in [4.78, 5) is 27.4. The van der Waals surface area contributed by atoms with Crippen molar-refractivity contribution >= 4 is 12.2 Å². The zero-order chi connectivity index (χ0) is 13.5. The van der Waals surface area contributed by atoms with Gasteiger partial charge in [0.15, 0.2) is 6.17 Å². The molecule has 0 aliphatic heterocycles. The van der Waals surface area contributed by atoms with Crippen LogP contribution in [0.1, 0.15) is 11.7 Å². The van der Waals surface area contributed by atoms with Gasteiger partial charge < -0.3 is 0 Å². The lowest BCUT2D eigenvalue weighted by Gasteiger charge is -2.06. The van der Waals surface area contributed by atoms with Gasteiger partial charge in [0.2, 0.25) is 12.2 Å². The SMILES string of the molecule is O=C=NC(N=C=O)c1ccc(-c2ccccc2)cc1. The van der Waals surface area contributed by atoms with E-state index >= 15 is 0 Å². The topological polar surface area (TPSA) is 58.9 Å². The van der Waals surface area contributed by atoms with Crippen molar-refractivity contribution < 1.29 is 9.59 Å². The van der Waals surface area contributed by atoms with Crippen LogP contribution >= 0.6 is 0 Å². The Bertz CT molecular complexity index is 620. The molecule has 0 saturated carbocycles. The quantitative estimate of drug-likeness (QED) is 0.618. The monoisotopic (exact) mass is 250 g/mol. The lowest BCUT2D eigenvalue weighted by molar-refractivity contribution is 0.552. The molecule has 2 rings (SSSR count). The van der Waals surface area contributed by atoms with Gasteiger partial charge in [-0.3, -0.25) is 0 Å². The molecule has 0 aliphatic rings. The molecule has 2 aromatic carbocycles. The number of rotatable bonds is 4. The van der Waals surface area contributed by atoms with Crippen LogP contribution in [-0.2, 0) is 9.59 Å². The molecule has 0 fully saturated rings. The number of benzene rings is 2. The highest BCUT2D eigenvalue weighted by molar-refractivity contribution is 5.63. The average molecular weight is 250 g/mol. The molecule has 0 saturated heterocycles. The van der Waals surface area contributed by atoms with Crippen LogP contribution in [0.15, 0.2) is 64.6 Å². The number of hydrogen-bond donors (Lipinski definition) is 0. The number of aliphatic imine (C=N–C) groups is 2. The van der Waals surface area contributed by atoms with Gasteiger partial charge in [0.25, 0.3) is 0 Å². The first-order valence-corrected chi connectivity index (χ1v) is 5.64. The Hall–Kier alpha value is -2.80. The van der Waals surface area contributed by atoms with Crippen molar-refractivity contribution in [3.63, 3.8) is 0 Å². The minimum atomic E-state index is -0.861. The summed E-state index contributed by atoms with van der Waals surface area (Å²) >= 11 is 0. The van der Waals surface area contributed by atoms with Gasteiger partial charge in [-0.05, 0) is 11.1 Å². The minimum absolute atomic E-state index is 0.645. The molecule has 0 atom stereocenters. The van der Waals surface area contributed by atoms with Gasteiger partial charge in [0.05, 0.1) is 0 Å². The molecule has 0 aromatic heterocycles. The predicted molar refractivity (Wildman–Crippen MR) is 70.9 cm³/mol. The normalized spacial score (nSPS) is 10.9. The van der Waals surface area contributed by atoms with Gasteiger partial charge in [-0.1, -0.05) is 54.6 Å². The molecule has 0 spiro atoms. The van der Waals surface area contributed by atoms with Crippen LogP contribution in [0.3, 0.4) is 0 Å². The van der Waals surface area contributed by atoms with Crippen molar-refractivity contribution in [1.29, 1.82) is 0 Å². The number of nitrogens with zero attached hydrogens (tertiary/aromatic N) is 2. The van der Waals surface area contributed by atoms with Crippen molar-refractivity contribution in [3.05, 3.63) is 60.2 Å². The Labute approximate surface area is 110 Å². The van der Waals surface area contributed by atoms with Crippen LogP contribution in [0.5, 0.6) is 0 Å². The molecular weight excluding hydrogens is 240 g/mol. The maximum atomic E-state index is 10.3. The van der Waals surface area contributed by atoms with Crippen LogP contribution in [-0.4, -0.2) is 12.2 Å². The molecule has 0 radical (unpaired) electrons. The summed E-state index contributed by atoms with van der Waals surface area (Å²) in [6, 6.07) is 17.2. The Morgan fingerprint density at radius 2 is 1.26 bits per heavy atom. The molecule has 2 aromatic rings. The summed E-state index contributed by atoms with van der Waals surface area (Å²) in [5.41, 5.74) is 2.77. The molecular formula is C15H10N2O2. The van der Waals surface area contributed by atoms with Gasteiger partial charge in [0.1, 0.15) is 0 Å². The van der Waals surface area contributed by atoms with Crippen molar-refractivity contribution in [2.24, 2.45) is 9.98 Å². The molecule has 92 valence electrons. The average Bonchev–Trinajstić information content (AvgIpc) is 2.48. The second-order valence-electron chi connectivity index (χ2n) is 3.80. The van der Waals surface area contributed by atoms with Crippen molar-refractivity contribution in [2.75, 3.05) is 0 Å². The third-order valence-electron chi connectivity index (χ3n) is 2.67. The lowest BCUT2D eigenvalue weighted by Crippen LogP contribution is -1.91. The second kappa shape index (κ2) is 6.22. The summed E-state index contributed by atoms with van der Waals surface area (Å²) < 4.78 is 0. The van der Waals surface area contributed by atoms with Crippen LogP contribution in [0.2, 0.25) is 0 Å². The van der Waals surface area contributed by atoms with Crippen molar-refractivity contribution in [1.82, 2.24) is 0 Å². The molecule has 4 heteroatoms. The smallest absolute Gasteiger partial charge is 0.211 e. The van der Waals surface area contributed by atoms with Gasteiger partial charge >= 0.3 is 0 Å². The van der Waals surface area contributed by atoms with Crippen LogP contribution < -0.4 is 0 Å². The number of carbonyl (C=O) groups excluding carboxylic acids is 2. The molecule has 0 N–H and O–H groups in total. The Morgan fingerprint density at radius 3 is 1.79 bits per heavy atom. The predicted octanol–water partition coefficient (Wildman–Crippen LogP) is 3.02. The van der Waals surface area contributed by atoms with Crippen molar-refractivity contribution in [2.45, 2.75) is 6.17 Å². The third kappa shape index (κ3) is 3.11. The van der Waals surface area contributed by atoms with Crippen LogP contribution in [0.25, 0.3) is 11.1 Å². The first-order chi connectivity index (χ1) is 9.35. The van der Waals surface area contributed by atoms with Gasteiger partial charge in [-0.2, -0.15) is 9.98 Å². The van der Waals surface area contributed by atoms with E-state index in [1.807, 2.05) is 42.5 Å². The second-order valence-corrected chi connectivity index (χ2v) is 3.80. The summed E-state index contributed by atoms with van der Waals surface area (Å²) in [7, 11) is 0. The van der Waals surface area contributed by atoms with E-state index in [1.54, 1.807) is 12.1 Å². The number of isocyanates is 2. The zero-order valence-corrected chi connectivity index (χ0v) is 9.98. The third-order valence-corrected chi connectivity index (χ3v) is 2.67. The molecule has 0 amide bonds. The summed E-state index contributed by atoms with van der Waals surface area (Å²) in [5.74, 6) is 0. The van der Waals surface area contributed by atoms with Gasteiger partial charge in [0, 0.05) is 5.56 Å². The molecule has 0 bridgehead atoms. The maximum Gasteiger partial charge on any atom is 0.237 e. The molecule has 19 heavy (non-hydrogen) atoms. The fourth-order valence-electron chi connectivity index (χ4n) is 1.76. The highest BCUT2D eigenvalue weighted by Crippen LogP contribution is 2.23. The van der Waals surface area contributed by atoms with E-state index in [4.69, 9.17) is 0 Å². The molecule has 0 aliphatic carbocycles. The fourth-order valence-corrected chi connectivity index (χ4v) is 1.76. The summed E-state index contributed by atoms with van der Waals surface area (Å²) in [6.45, 7) is 0. The Kier molecular flexibility index (Phi) is 4.14. The molecule has 0 heterocycles. The first kappa shape index (κ1) is 12.7. The van der Waals surface area contributed by atoms with E-state index in [0.29, 0.717) is 5.56 Å². The Morgan fingerprint density at radius 1 is 0.737 bits per heavy atom. The van der Waals surface area contributed by atoms with E-state index in [2.05, 4.69) is 9.98 Å². The first-order valence-electron chi connectivity index (χ1n) is 5.64. The van der Waals surface area contributed by atoms with E-state index in [1.165, 1.54) is 12.2 Å². The molecule has 4 nitrogen and oxygen atoms in total. The van der Waals surface area contributed by atoms with Gasteiger partial charge in [-0.25, -0.2) is 9.59 Å². The van der Waals surface area contributed by atoms with E-state index < -0.39 is 6.17 Å². The fraction of sp³-hybridized carbons (Fsp3) is 0.0667. The van der Waals surface area contributed by atoms with E-state index in [-0.39, 0.29) is 0 Å². The Balaban J connectivity index is 2.32. The zero-order valence-electron chi connectivity index (χ0n) is 9.98. The number of hydrogen-bond acceptors (Lipinski definition) is 4. The maximum absolute atomic E-state index is 10.3.